The molecule has 10 nitrogen and oxygen atoms in total. The lowest BCUT2D eigenvalue weighted by atomic mass is 9.82. The number of hydrogen-bond donors (Lipinski definition) is 4. The molecule has 46 heavy (non-hydrogen) atoms. The van der Waals surface area contributed by atoms with Crippen LogP contribution >= 0.6 is 0 Å². The van der Waals surface area contributed by atoms with Crippen LogP contribution in [0.3, 0.4) is 0 Å². The highest BCUT2D eigenvalue weighted by Crippen LogP contribution is 2.37. The van der Waals surface area contributed by atoms with E-state index in [1.165, 1.54) is 24.3 Å². The first kappa shape index (κ1) is 33.0. The molecule has 1 aliphatic carbocycles. The molecule has 1 aliphatic rings. The normalized spacial score (nSPS) is 14.3. The topological polar surface area (TPSA) is 167 Å². The Kier molecular flexibility index (Phi) is 9.45. The Morgan fingerprint density at radius 2 is 0.913 bits per heavy atom. The summed E-state index contributed by atoms with van der Waals surface area (Å²) < 4.78 is 63.8. The number of rotatable bonds is 12. The van der Waals surface area contributed by atoms with Gasteiger partial charge in [0.1, 0.15) is 0 Å². The van der Waals surface area contributed by atoms with E-state index in [2.05, 4.69) is 10.6 Å². The Morgan fingerprint density at radius 3 is 1.24 bits per heavy atom. The first-order chi connectivity index (χ1) is 21.7. The van der Waals surface area contributed by atoms with Gasteiger partial charge in [-0.1, -0.05) is 48.5 Å². The third kappa shape index (κ3) is 7.37. The van der Waals surface area contributed by atoms with Crippen LogP contribution in [0.5, 0.6) is 0 Å². The summed E-state index contributed by atoms with van der Waals surface area (Å²) in [5.74, 6) is -0.508. The third-order valence-electron chi connectivity index (χ3n) is 8.05. The van der Waals surface area contributed by atoms with Crippen molar-refractivity contribution in [3.63, 3.8) is 0 Å². The summed E-state index contributed by atoms with van der Waals surface area (Å²) in [5.41, 5.74) is 4.11. The van der Waals surface area contributed by atoms with E-state index in [-0.39, 0.29) is 33.4 Å². The average Bonchev–Trinajstić information content (AvgIpc) is 3.02. The summed E-state index contributed by atoms with van der Waals surface area (Å²) in [6.07, 6.45) is 2.49. The van der Waals surface area contributed by atoms with Crippen LogP contribution in [0.25, 0.3) is 0 Å². The van der Waals surface area contributed by atoms with Crippen LogP contribution < -0.4 is 10.6 Å². The number of fused-ring (bicyclic) bond motifs is 2. The maximum Gasteiger partial charge on any atom is 0.294 e. The van der Waals surface area contributed by atoms with Gasteiger partial charge in [-0.05, 0) is 87.1 Å². The Bertz CT molecular complexity index is 1860. The molecule has 12 heteroatoms. The lowest BCUT2D eigenvalue weighted by Gasteiger charge is -2.27. The van der Waals surface area contributed by atoms with Crippen molar-refractivity contribution in [1.82, 2.24) is 0 Å². The number of anilines is 2. The standard InChI is InChI=1S/C34H34N2O8S2/c1-21(7-9-23-11-15-25(16-12-23)45(39,40)41)35-29-19-20-30(32-31(29)33(37)27-5-3-4-6-28(27)34(32)38)36-22(2)8-10-24-13-17-26(18-14-24)46(42,43)44/h3-6,11-22,35-36H,7-10H2,1-2H3,(H,39,40,41)(H,42,43,44). The number of ketones is 2. The summed E-state index contributed by atoms with van der Waals surface area (Å²) in [4.78, 5) is 27.3. The molecular weight excluding hydrogens is 629 g/mol. The minimum absolute atomic E-state index is 0.115. The Labute approximate surface area is 268 Å². The van der Waals surface area contributed by atoms with Gasteiger partial charge in [-0.25, -0.2) is 0 Å². The fourth-order valence-corrected chi connectivity index (χ4v) is 6.52. The van der Waals surface area contributed by atoms with Crippen LogP contribution in [0.15, 0.2) is 94.7 Å². The van der Waals surface area contributed by atoms with Gasteiger partial charge in [-0.3, -0.25) is 18.7 Å². The summed E-state index contributed by atoms with van der Waals surface area (Å²) in [7, 11) is -8.54. The van der Waals surface area contributed by atoms with Gasteiger partial charge in [0.25, 0.3) is 20.2 Å². The van der Waals surface area contributed by atoms with Crippen molar-refractivity contribution in [2.24, 2.45) is 0 Å². The van der Waals surface area contributed by atoms with E-state index in [0.29, 0.717) is 59.3 Å². The largest absolute Gasteiger partial charge is 0.382 e. The van der Waals surface area contributed by atoms with E-state index in [1.807, 2.05) is 13.8 Å². The van der Waals surface area contributed by atoms with Gasteiger partial charge in [0, 0.05) is 34.6 Å². The van der Waals surface area contributed by atoms with E-state index in [1.54, 1.807) is 60.7 Å². The Morgan fingerprint density at radius 1 is 0.565 bits per heavy atom. The van der Waals surface area contributed by atoms with Gasteiger partial charge in [0.05, 0.1) is 20.9 Å². The Hall–Kier alpha value is -4.36. The molecule has 0 aromatic heterocycles. The van der Waals surface area contributed by atoms with Gasteiger partial charge in [0.2, 0.25) is 0 Å². The zero-order chi connectivity index (χ0) is 33.2. The van der Waals surface area contributed by atoms with Crippen LogP contribution in [0, 0.1) is 0 Å². The van der Waals surface area contributed by atoms with Gasteiger partial charge >= 0.3 is 0 Å². The molecule has 4 aromatic carbocycles. The highest BCUT2D eigenvalue weighted by atomic mass is 32.2. The predicted octanol–water partition coefficient (Wildman–Crippen LogP) is 5.82. The second-order valence-corrected chi connectivity index (χ2v) is 14.4. The monoisotopic (exact) mass is 662 g/mol. The zero-order valence-electron chi connectivity index (χ0n) is 25.2. The van der Waals surface area contributed by atoms with Crippen molar-refractivity contribution in [2.45, 2.75) is 61.4 Å². The molecule has 0 saturated carbocycles. The maximum absolute atomic E-state index is 13.8. The molecule has 5 rings (SSSR count). The molecule has 240 valence electrons. The summed E-state index contributed by atoms with van der Waals surface area (Å²) >= 11 is 0. The summed E-state index contributed by atoms with van der Waals surface area (Å²) in [5, 5.41) is 6.81. The highest BCUT2D eigenvalue weighted by molar-refractivity contribution is 7.86. The number of aryl methyl sites for hydroxylation is 2. The van der Waals surface area contributed by atoms with Crippen LogP contribution in [0.2, 0.25) is 0 Å². The van der Waals surface area contributed by atoms with E-state index >= 15 is 0 Å². The van der Waals surface area contributed by atoms with Crippen molar-refractivity contribution in [2.75, 3.05) is 10.6 Å². The maximum atomic E-state index is 13.8. The minimum Gasteiger partial charge on any atom is -0.382 e. The predicted molar refractivity (Wildman–Crippen MR) is 175 cm³/mol. The zero-order valence-corrected chi connectivity index (χ0v) is 26.9. The molecule has 0 spiro atoms. The van der Waals surface area contributed by atoms with Gasteiger partial charge in [-0.2, -0.15) is 16.8 Å². The van der Waals surface area contributed by atoms with Crippen LogP contribution in [0.1, 0.15) is 69.7 Å². The molecule has 0 bridgehead atoms. The molecule has 0 saturated heterocycles. The fourth-order valence-electron chi connectivity index (χ4n) is 5.56. The lowest BCUT2D eigenvalue weighted by molar-refractivity contribution is 0.0980. The number of carbonyl (C=O) groups is 2. The second kappa shape index (κ2) is 13.2. The van der Waals surface area contributed by atoms with Crippen molar-refractivity contribution >= 4 is 43.2 Å². The third-order valence-corrected chi connectivity index (χ3v) is 9.79. The number of nitrogens with one attached hydrogen (secondary N) is 2. The molecule has 2 atom stereocenters. The van der Waals surface area contributed by atoms with Gasteiger partial charge in [-0.15, -0.1) is 0 Å². The quantitative estimate of drug-likeness (QED) is 0.120. The molecule has 0 heterocycles. The number of hydrogen-bond acceptors (Lipinski definition) is 8. The molecule has 2 unspecified atom stereocenters. The van der Waals surface area contributed by atoms with Gasteiger partial charge in [0.15, 0.2) is 11.6 Å². The van der Waals surface area contributed by atoms with Crippen LogP contribution in [-0.4, -0.2) is 49.6 Å². The molecular formula is C34H34N2O8S2. The fraction of sp³-hybridized carbons (Fsp3) is 0.235. The molecule has 4 aromatic rings. The van der Waals surface area contributed by atoms with Crippen molar-refractivity contribution in [3.8, 4) is 0 Å². The molecule has 4 N–H and O–H groups in total. The van der Waals surface area contributed by atoms with Gasteiger partial charge < -0.3 is 10.6 Å². The van der Waals surface area contributed by atoms with Crippen molar-refractivity contribution in [1.29, 1.82) is 0 Å². The summed E-state index contributed by atoms with van der Waals surface area (Å²) in [6.45, 7) is 3.91. The lowest BCUT2D eigenvalue weighted by Crippen LogP contribution is -2.27. The van der Waals surface area contributed by atoms with E-state index in [9.17, 15) is 35.5 Å². The smallest absolute Gasteiger partial charge is 0.294 e. The molecule has 0 radical (unpaired) electrons. The van der Waals surface area contributed by atoms with E-state index < -0.39 is 20.2 Å². The van der Waals surface area contributed by atoms with E-state index in [0.717, 1.165) is 11.1 Å². The first-order valence-electron chi connectivity index (χ1n) is 14.7. The summed E-state index contributed by atoms with van der Waals surface area (Å²) in [6, 6.07) is 22.1. The first-order valence-corrected chi connectivity index (χ1v) is 17.6. The van der Waals surface area contributed by atoms with Crippen molar-refractivity contribution < 1.29 is 35.5 Å². The van der Waals surface area contributed by atoms with Crippen LogP contribution in [-0.2, 0) is 33.1 Å². The second-order valence-electron chi connectivity index (χ2n) is 11.5. The number of benzene rings is 4. The number of carbonyl (C=O) groups excluding carboxylic acids is 2. The SMILES string of the molecule is CC(CCc1ccc(S(=O)(=O)O)cc1)Nc1ccc(NC(C)CCc2ccc(S(=O)(=O)O)cc2)c2c1C(=O)c1ccccc1C2=O. The molecule has 0 fully saturated rings. The van der Waals surface area contributed by atoms with E-state index in [4.69, 9.17) is 0 Å². The molecule has 0 amide bonds. The van der Waals surface area contributed by atoms with Crippen LogP contribution in [0.4, 0.5) is 11.4 Å². The molecule has 0 aliphatic heterocycles. The highest BCUT2D eigenvalue weighted by Gasteiger charge is 2.34. The minimum atomic E-state index is -4.27. The average molecular weight is 663 g/mol. The Balaban J connectivity index is 1.35. The van der Waals surface area contributed by atoms with Crippen molar-refractivity contribution in [3.05, 3.63) is 118 Å².